The molecule has 0 radical (unpaired) electrons. The van der Waals surface area contributed by atoms with Gasteiger partial charge in [-0.3, -0.25) is 0 Å². The van der Waals surface area contributed by atoms with E-state index in [-0.39, 0.29) is 13.2 Å². The monoisotopic (exact) mass is 494 g/mol. The van der Waals surface area contributed by atoms with E-state index in [4.69, 9.17) is 17.7 Å². The standard InChI is InChI=1S/C20H46O6Si4/c1-18(2)20(22)24-17-19(21)16-23-12-11-13-29(7,8)26-30(9,10)15-14-28(5,6)25-27(3)4/h19,21,27H,1,11-17H2,2-10H3. The summed E-state index contributed by atoms with van der Waals surface area (Å²) in [6.45, 7) is 24.1. The van der Waals surface area contributed by atoms with Crippen LogP contribution in [-0.4, -0.2) is 71.0 Å². The molecule has 178 valence electrons. The topological polar surface area (TPSA) is 74.2 Å². The summed E-state index contributed by atoms with van der Waals surface area (Å²) >= 11 is 0. The maximum Gasteiger partial charge on any atom is 0.333 e. The van der Waals surface area contributed by atoms with Gasteiger partial charge in [-0.2, -0.15) is 0 Å². The Bertz CT molecular complexity index is 537. The second-order valence-corrected chi connectivity index (χ2v) is 26.2. The minimum absolute atomic E-state index is 0.0719. The van der Waals surface area contributed by atoms with Gasteiger partial charge in [-0.05, 0) is 83.9 Å². The maximum absolute atomic E-state index is 11.3. The second kappa shape index (κ2) is 13.5. The SMILES string of the molecule is C=C(C)C(=O)OCC(O)COCCC[Si](C)(C)O[Si](C)(C)CC[Si](C)(C)O[SiH](C)C. The molecule has 0 aromatic carbocycles. The number of carbonyl (C=O) groups is 1. The van der Waals surface area contributed by atoms with Crippen molar-refractivity contribution in [1.29, 1.82) is 0 Å². The molecule has 0 spiro atoms. The molecule has 1 unspecified atom stereocenters. The summed E-state index contributed by atoms with van der Waals surface area (Å²) in [5.74, 6) is -0.491. The highest BCUT2D eigenvalue weighted by Gasteiger charge is 2.35. The maximum atomic E-state index is 11.3. The van der Waals surface area contributed by atoms with Crippen molar-refractivity contribution < 1.29 is 27.6 Å². The first-order valence-corrected chi connectivity index (χ1v) is 23.1. The fourth-order valence-corrected chi connectivity index (χ4v) is 21.5. The van der Waals surface area contributed by atoms with Gasteiger partial charge in [-0.1, -0.05) is 6.58 Å². The van der Waals surface area contributed by atoms with Crippen LogP contribution in [0.3, 0.4) is 0 Å². The lowest BCUT2D eigenvalue weighted by molar-refractivity contribution is -0.143. The van der Waals surface area contributed by atoms with Crippen molar-refractivity contribution in [3.8, 4) is 0 Å². The first kappa shape index (κ1) is 29.9. The highest BCUT2D eigenvalue weighted by atomic mass is 28.4. The van der Waals surface area contributed by atoms with Crippen LogP contribution in [0.2, 0.25) is 70.5 Å². The molecule has 1 N–H and O–H groups in total. The molecule has 0 fully saturated rings. The van der Waals surface area contributed by atoms with Crippen molar-refractivity contribution in [2.24, 2.45) is 0 Å². The molecule has 0 rings (SSSR count). The fraction of sp³-hybridized carbons (Fsp3) is 0.850. The Morgan fingerprint density at radius 1 is 0.967 bits per heavy atom. The van der Waals surface area contributed by atoms with Crippen LogP contribution in [0.5, 0.6) is 0 Å². The van der Waals surface area contributed by atoms with Crippen molar-refractivity contribution in [3.63, 3.8) is 0 Å². The Balaban J connectivity index is 4.18. The minimum atomic E-state index is -1.76. The Hall–Kier alpha value is -0.0825. The summed E-state index contributed by atoms with van der Waals surface area (Å²) in [6, 6.07) is 3.37. The lowest BCUT2D eigenvalue weighted by atomic mass is 10.3. The minimum Gasteiger partial charge on any atom is -0.460 e. The van der Waals surface area contributed by atoms with Gasteiger partial charge in [0.25, 0.3) is 0 Å². The zero-order valence-electron chi connectivity index (χ0n) is 20.8. The van der Waals surface area contributed by atoms with E-state index < -0.39 is 46.1 Å². The number of esters is 1. The largest absolute Gasteiger partial charge is 0.460 e. The average molecular weight is 495 g/mol. The molecule has 0 aliphatic heterocycles. The molecule has 0 amide bonds. The number of hydrogen-bond donors (Lipinski definition) is 1. The lowest BCUT2D eigenvalue weighted by Gasteiger charge is -2.36. The first-order valence-electron chi connectivity index (χ1n) is 11.0. The lowest BCUT2D eigenvalue weighted by Crippen LogP contribution is -2.46. The third-order valence-electron chi connectivity index (χ3n) is 4.57. The molecule has 0 aliphatic carbocycles. The molecule has 10 heteroatoms. The number of hydrogen-bond acceptors (Lipinski definition) is 6. The summed E-state index contributed by atoms with van der Waals surface area (Å²) in [5.41, 5.74) is 0.321. The van der Waals surface area contributed by atoms with Crippen LogP contribution < -0.4 is 0 Å². The van der Waals surface area contributed by atoms with Gasteiger partial charge in [0.1, 0.15) is 12.7 Å². The fourth-order valence-electron chi connectivity index (χ4n) is 3.31. The molecule has 30 heavy (non-hydrogen) atoms. The van der Waals surface area contributed by atoms with E-state index >= 15 is 0 Å². The third-order valence-corrected chi connectivity index (χ3v) is 18.4. The second-order valence-electron chi connectivity index (χ2n) is 10.3. The Morgan fingerprint density at radius 3 is 2.03 bits per heavy atom. The van der Waals surface area contributed by atoms with Crippen LogP contribution in [0.15, 0.2) is 12.2 Å². The molecular formula is C20H46O6Si4. The number of carbonyl (C=O) groups excluding carboxylic acids is 1. The van der Waals surface area contributed by atoms with Gasteiger partial charge < -0.3 is 22.8 Å². The van der Waals surface area contributed by atoms with Gasteiger partial charge in [0.05, 0.1) is 6.61 Å². The van der Waals surface area contributed by atoms with Crippen molar-refractivity contribution in [2.45, 2.75) is 90.0 Å². The van der Waals surface area contributed by atoms with E-state index in [1.165, 1.54) is 6.04 Å². The van der Waals surface area contributed by atoms with Crippen molar-refractivity contribution in [1.82, 2.24) is 0 Å². The predicted octanol–water partition coefficient (Wildman–Crippen LogP) is 4.51. The summed E-state index contributed by atoms with van der Waals surface area (Å²) in [4.78, 5) is 11.3. The van der Waals surface area contributed by atoms with Crippen LogP contribution >= 0.6 is 0 Å². The van der Waals surface area contributed by atoms with Gasteiger partial charge in [0.2, 0.25) is 0 Å². The van der Waals surface area contributed by atoms with Crippen molar-refractivity contribution in [2.75, 3.05) is 19.8 Å². The highest BCUT2D eigenvalue weighted by molar-refractivity contribution is 6.86. The summed E-state index contributed by atoms with van der Waals surface area (Å²) in [7, 11) is -6.03. The zero-order valence-corrected chi connectivity index (χ0v) is 25.0. The molecule has 1 atom stereocenters. The summed E-state index contributed by atoms with van der Waals surface area (Å²) in [5, 5.41) is 9.82. The van der Waals surface area contributed by atoms with E-state index in [9.17, 15) is 9.90 Å². The van der Waals surface area contributed by atoms with E-state index in [0.717, 1.165) is 18.5 Å². The number of rotatable bonds is 16. The molecule has 0 aromatic heterocycles. The van der Waals surface area contributed by atoms with Crippen LogP contribution in [-0.2, 0) is 22.5 Å². The number of aliphatic hydroxyl groups is 1. The quantitative estimate of drug-likeness (QED) is 0.147. The van der Waals surface area contributed by atoms with Crippen LogP contribution in [0.25, 0.3) is 0 Å². The smallest absolute Gasteiger partial charge is 0.333 e. The number of aliphatic hydroxyl groups excluding tert-OH is 1. The van der Waals surface area contributed by atoms with Gasteiger partial charge in [-0.25, -0.2) is 4.79 Å². The normalized spacial score (nSPS) is 14.1. The Kier molecular flexibility index (Phi) is 13.4. The Morgan fingerprint density at radius 2 is 1.50 bits per heavy atom. The van der Waals surface area contributed by atoms with Gasteiger partial charge in [-0.15, -0.1) is 0 Å². The van der Waals surface area contributed by atoms with E-state index in [2.05, 4.69) is 59.0 Å². The van der Waals surface area contributed by atoms with E-state index in [1.54, 1.807) is 6.92 Å². The number of ether oxygens (including phenoxy) is 2. The summed E-state index contributed by atoms with van der Waals surface area (Å²) in [6.07, 6.45) is 0.0920. The van der Waals surface area contributed by atoms with Gasteiger partial charge >= 0.3 is 5.97 Å². The molecule has 0 heterocycles. The molecule has 0 aliphatic rings. The molecule has 0 saturated carbocycles. The Labute approximate surface area is 189 Å². The van der Waals surface area contributed by atoms with Crippen LogP contribution in [0, 0.1) is 0 Å². The van der Waals surface area contributed by atoms with Crippen molar-refractivity contribution >= 4 is 40.0 Å². The first-order chi connectivity index (χ1) is 13.6. The van der Waals surface area contributed by atoms with Gasteiger partial charge in [0, 0.05) is 12.2 Å². The molecule has 0 saturated heterocycles. The van der Waals surface area contributed by atoms with E-state index in [0.29, 0.717) is 12.2 Å². The van der Waals surface area contributed by atoms with Crippen LogP contribution in [0.1, 0.15) is 13.3 Å². The molecule has 0 aromatic rings. The van der Waals surface area contributed by atoms with Gasteiger partial charge in [0.15, 0.2) is 34.0 Å². The predicted molar refractivity (Wildman–Crippen MR) is 135 cm³/mol. The highest BCUT2D eigenvalue weighted by Crippen LogP contribution is 2.27. The molecule has 6 nitrogen and oxygen atoms in total. The summed E-state index contributed by atoms with van der Waals surface area (Å²) < 4.78 is 23.5. The molecular weight excluding hydrogens is 449 g/mol. The van der Waals surface area contributed by atoms with E-state index in [1.807, 2.05) is 0 Å². The third kappa shape index (κ3) is 15.7. The molecule has 0 bridgehead atoms. The van der Waals surface area contributed by atoms with Crippen molar-refractivity contribution in [3.05, 3.63) is 12.2 Å². The average Bonchev–Trinajstić information content (AvgIpc) is 2.55. The van der Waals surface area contributed by atoms with Crippen LogP contribution in [0.4, 0.5) is 0 Å². The zero-order chi connectivity index (χ0) is 23.6.